The number of carbonyl (C=O) groups excluding carboxylic acids is 6. The molecule has 0 saturated heterocycles. The molecule has 0 spiro atoms. The Morgan fingerprint density at radius 1 is 0.372 bits per heavy atom. The van der Waals surface area contributed by atoms with E-state index in [1.807, 2.05) is 0 Å². The molecule has 0 aromatic heterocycles. The van der Waals surface area contributed by atoms with Crippen LogP contribution in [0.2, 0.25) is 0 Å². The molecule has 230 valence electrons. The summed E-state index contributed by atoms with van der Waals surface area (Å²) in [6.45, 7) is 0. The molecule has 0 aliphatic heterocycles. The molecular formula is C12H27Li6O21S3Sb. The van der Waals surface area contributed by atoms with E-state index in [1.54, 1.807) is 0 Å². The van der Waals surface area contributed by atoms with Gasteiger partial charge in [-0.3, -0.25) is 0 Å². The number of carboxylic acids is 6. The van der Waals surface area contributed by atoms with E-state index in [-0.39, 0.29) is 187 Å². The van der Waals surface area contributed by atoms with Gasteiger partial charge in [-0.1, -0.05) is 0 Å². The summed E-state index contributed by atoms with van der Waals surface area (Å²) in [5, 5.41) is 54.0. The molecule has 31 heteroatoms. The number of carboxylic acid groups (broad SMARTS) is 6. The van der Waals surface area contributed by atoms with Crippen molar-refractivity contribution >= 4 is 98.1 Å². The fourth-order valence-corrected chi connectivity index (χ4v) is 1.11. The summed E-state index contributed by atoms with van der Waals surface area (Å²) in [6.07, 6.45) is -2.01. The van der Waals surface area contributed by atoms with Crippen LogP contribution in [0.4, 0.5) is 0 Å². The Morgan fingerprint density at radius 3 is 0.488 bits per heavy atom. The Morgan fingerprint density at radius 2 is 0.465 bits per heavy atom. The minimum Gasteiger partial charge on any atom is -0.783 e. The molecule has 2 radical (unpaired) electrons. The van der Waals surface area contributed by atoms with Crippen LogP contribution in [0.15, 0.2) is 0 Å². The first-order chi connectivity index (χ1) is 12.1. The fourth-order valence-electron chi connectivity index (χ4n) is 0.704. The Bertz CT molecular complexity index is 514. The Kier molecular flexibility index (Phi) is 238. The molecule has 3 atom stereocenters. The third kappa shape index (κ3) is 115. The van der Waals surface area contributed by atoms with E-state index in [0.717, 1.165) is 0 Å². The number of hydrogen-bond donors (Lipinski definition) is 0. The molecule has 0 aromatic carbocycles. The standard InChI is InChI=1S/3C4H6O4S.6Li.9H2O.Sb/c3*5-3(6)1-2(9)4(7)8;;;;;;;;;;;;;;;;/h3*2,9H,1H2,(H,5,6)(H,7,8);;;;;;;9*1H2;/q;;;6*+1;;;;;;;;;;+3/p-9. The minimum absolute atomic E-state index is 0. The van der Waals surface area contributed by atoms with Crippen LogP contribution in [0.25, 0.3) is 0 Å². The van der Waals surface area contributed by atoms with Crippen molar-refractivity contribution < 1.29 is 222 Å². The van der Waals surface area contributed by atoms with Crippen molar-refractivity contribution in [1.29, 1.82) is 0 Å². The second-order valence-electron chi connectivity index (χ2n) is 4.15. The summed E-state index contributed by atoms with van der Waals surface area (Å²) in [6, 6.07) is 0. The van der Waals surface area contributed by atoms with Crippen LogP contribution in [-0.2, 0) is 66.7 Å². The summed E-state index contributed by atoms with van der Waals surface area (Å²) in [7, 11) is 0. The summed E-state index contributed by atoms with van der Waals surface area (Å²) in [4.78, 5) is 58.1. The third-order valence-corrected chi connectivity index (χ3v) is 2.92. The first-order valence-electron chi connectivity index (χ1n) is 6.31. The van der Waals surface area contributed by atoms with Gasteiger partial charge in [-0.2, -0.15) is 0 Å². The summed E-state index contributed by atoms with van der Waals surface area (Å²) in [5.41, 5.74) is 0. The second-order valence-corrected chi connectivity index (χ2v) is 5.86. The first-order valence-corrected chi connectivity index (χ1v) is 7.72. The second kappa shape index (κ2) is 79.4. The zero-order chi connectivity index (χ0) is 22.3. The predicted molar refractivity (Wildman–Crippen MR) is 116 cm³/mol. The van der Waals surface area contributed by atoms with Crippen LogP contribution >= 0.6 is 0 Å². The minimum atomic E-state index is -1.55. The molecule has 0 amide bonds. The normalized spacial score (nSPS) is 7.88. The molecule has 0 fully saturated rings. The molecule has 0 aliphatic carbocycles. The monoisotopic (exact) mass is 766 g/mol. The van der Waals surface area contributed by atoms with Gasteiger partial charge in [0.1, 0.15) is 0 Å². The topological polar surface area (TPSA) is 524 Å². The van der Waals surface area contributed by atoms with E-state index < -0.39 is 70.8 Å². The van der Waals surface area contributed by atoms with Gasteiger partial charge in [0.25, 0.3) is 0 Å². The van der Waals surface area contributed by atoms with Gasteiger partial charge in [0, 0.05) is 35.8 Å². The quantitative estimate of drug-likeness (QED) is 0.155. The summed E-state index contributed by atoms with van der Waals surface area (Å²) in [5.74, 6) is -9.06. The van der Waals surface area contributed by atoms with Crippen molar-refractivity contribution in [3.63, 3.8) is 0 Å². The van der Waals surface area contributed by atoms with E-state index >= 15 is 0 Å². The Balaban J connectivity index is -0.00000000997. The van der Waals surface area contributed by atoms with Crippen LogP contribution in [0.3, 0.4) is 0 Å². The van der Waals surface area contributed by atoms with Crippen molar-refractivity contribution in [2.24, 2.45) is 0 Å². The van der Waals surface area contributed by atoms with E-state index in [1.165, 1.54) is 0 Å². The van der Waals surface area contributed by atoms with Gasteiger partial charge in [0.15, 0.2) is 0 Å². The molecule has 21 nitrogen and oxygen atoms in total. The molecule has 0 bridgehead atoms. The number of rotatable bonds is 9. The van der Waals surface area contributed by atoms with Crippen LogP contribution < -0.4 is 144 Å². The largest absolute Gasteiger partial charge is 3.00 e. The van der Waals surface area contributed by atoms with Crippen molar-refractivity contribution in [3.05, 3.63) is 0 Å². The zero-order valence-corrected chi connectivity index (χ0v) is 28.9. The van der Waals surface area contributed by atoms with Crippen molar-refractivity contribution in [2.45, 2.75) is 35.0 Å². The number of aliphatic carboxylic acids is 6. The molecule has 3 unspecified atom stereocenters. The Labute approximate surface area is 351 Å². The van der Waals surface area contributed by atoms with E-state index in [4.69, 9.17) is 0 Å². The zero-order valence-electron chi connectivity index (χ0n) is 23.9. The van der Waals surface area contributed by atoms with E-state index in [9.17, 15) is 59.4 Å². The maximum absolute atomic E-state index is 9.73. The molecule has 0 aliphatic rings. The van der Waals surface area contributed by atoms with E-state index in [2.05, 4.69) is 37.9 Å². The first kappa shape index (κ1) is 129. The van der Waals surface area contributed by atoms with Crippen LogP contribution in [0.5, 0.6) is 0 Å². The maximum Gasteiger partial charge on any atom is 3.00 e. The van der Waals surface area contributed by atoms with Gasteiger partial charge < -0.3 is 147 Å². The summed E-state index contributed by atoms with van der Waals surface area (Å²) < 4.78 is 0. The number of hydrogen-bond acceptors (Lipinski definition) is 15. The van der Waals surface area contributed by atoms with Crippen molar-refractivity contribution in [2.75, 3.05) is 0 Å². The van der Waals surface area contributed by atoms with E-state index in [0.29, 0.717) is 0 Å². The molecule has 0 aromatic rings. The molecule has 0 rings (SSSR count). The average Bonchev–Trinajstić information content (AvgIpc) is 2.46. The Hall–Kier alpha value is 1.91. The third-order valence-electron chi connectivity index (χ3n) is 1.84. The van der Waals surface area contributed by atoms with Crippen LogP contribution in [0.1, 0.15) is 19.3 Å². The van der Waals surface area contributed by atoms with Gasteiger partial charge in [0.2, 0.25) is 0 Å². The molecule has 18 N–H and O–H groups in total. The predicted octanol–water partition coefficient (Wildman–Crippen LogP) is -35.4. The molecule has 0 saturated carbocycles. The molecule has 0 heterocycles. The van der Waals surface area contributed by atoms with Gasteiger partial charge in [-0.25, -0.2) is 0 Å². The van der Waals surface area contributed by atoms with Crippen molar-refractivity contribution in [1.82, 2.24) is 0 Å². The van der Waals surface area contributed by atoms with Crippen LogP contribution in [-0.4, -0.2) is 125 Å². The van der Waals surface area contributed by atoms with Crippen LogP contribution in [0, 0.1) is 0 Å². The van der Waals surface area contributed by atoms with Crippen molar-refractivity contribution in [3.8, 4) is 0 Å². The SMILES string of the molecule is O.O.O.O.O.O.O.O.O.O=C([O-])CC([S-])C(=O)[O-].O=C([O-])CC([S-])C(=O)[O-].O=C([O-])CC([S-])C(=O)[O-].[Li+].[Li+].[Li+].[Li+].[Li+].[Li+].[Sb+3]. The maximum atomic E-state index is 9.73. The van der Waals surface area contributed by atoms with Gasteiger partial charge in [-0.05, 0) is 19.3 Å². The van der Waals surface area contributed by atoms with Gasteiger partial charge in [0.05, 0.1) is 0 Å². The summed E-state index contributed by atoms with van der Waals surface area (Å²) >= 11 is 12.5. The average molecular weight is 767 g/mol. The smallest absolute Gasteiger partial charge is 0.783 e. The van der Waals surface area contributed by atoms with Gasteiger partial charge in [-0.15, -0.1) is 15.7 Å². The molecular weight excluding hydrogens is 740 g/mol. The molecule has 43 heavy (non-hydrogen) atoms. The number of carbonyl (C=O) groups is 6. The van der Waals surface area contributed by atoms with Gasteiger partial charge >= 0.3 is 138 Å². The fraction of sp³-hybridized carbons (Fsp3) is 0.500.